The first kappa shape index (κ1) is 15.7. The number of benzene rings is 2. The molecule has 0 heterocycles. The van der Waals surface area contributed by atoms with E-state index >= 15 is 0 Å². The van der Waals surface area contributed by atoms with Crippen LogP contribution in [0.2, 0.25) is 0 Å². The first-order valence-electron chi connectivity index (χ1n) is 6.82. The average molecular weight is 347 g/mol. The van der Waals surface area contributed by atoms with Crippen LogP contribution in [0, 0.1) is 0 Å². The van der Waals surface area contributed by atoms with Gasteiger partial charge in [-0.3, -0.25) is 4.79 Å². The van der Waals surface area contributed by atoms with Gasteiger partial charge in [-0.1, -0.05) is 58.4 Å². The van der Waals surface area contributed by atoms with Crippen molar-refractivity contribution in [3.63, 3.8) is 0 Å². The highest BCUT2D eigenvalue weighted by atomic mass is 79.9. The fourth-order valence-corrected chi connectivity index (χ4v) is 2.36. The molecule has 4 heteroatoms. The molecule has 3 N–H and O–H groups in total. The summed E-state index contributed by atoms with van der Waals surface area (Å²) in [5.41, 5.74) is 7.00. The molecule has 21 heavy (non-hydrogen) atoms. The van der Waals surface area contributed by atoms with Gasteiger partial charge in [-0.2, -0.15) is 0 Å². The van der Waals surface area contributed by atoms with Gasteiger partial charge in [-0.25, -0.2) is 0 Å². The van der Waals surface area contributed by atoms with Crippen LogP contribution >= 0.6 is 15.9 Å². The largest absolute Gasteiger partial charge is 0.348 e. The molecule has 0 spiro atoms. The lowest BCUT2D eigenvalue weighted by atomic mass is 9.91. The van der Waals surface area contributed by atoms with Gasteiger partial charge in [-0.15, -0.1) is 0 Å². The SMILES string of the molecule is CC(NC(=O)C(C)(N)c1ccccc1)c1ccc(Br)cc1. The lowest BCUT2D eigenvalue weighted by Gasteiger charge is -2.26. The molecule has 2 unspecified atom stereocenters. The Morgan fingerprint density at radius 1 is 1.14 bits per heavy atom. The molecule has 2 aromatic rings. The van der Waals surface area contributed by atoms with Crippen molar-refractivity contribution in [2.24, 2.45) is 5.73 Å². The van der Waals surface area contributed by atoms with Crippen molar-refractivity contribution < 1.29 is 4.79 Å². The van der Waals surface area contributed by atoms with Crippen LogP contribution < -0.4 is 11.1 Å². The maximum Gasteiger partial charge on any atom is 0.244 e. The van der Waals surface area contributed by atoms with Crippen LogP contribution in [-0.4, -0.2) is 5.91 Å². The van der Waals surface area contributed by atoms with Crippen LogP contribution in [0.4, 0.5) is 0 Å². The van der Waals surface area contributed by atoms with E-state index in [0.717, 1.165) is 15.6 Å². The normalized spacial score (nSPS) is 15.0. The number of nitrogens with two attached hydrogens (primary N) is 1. The van der Waals surface area contributed by atoms with Gasteiger partial charge < -0.3 is 11.1 Å². The minimum Gasteiger partial charge on any atom is -0.348 e. The van der Waals surface area contributed by atoms with Crippen LogP contribution in [0.15, 0.2) is 59.1 Å². The Morgan fingerprint density at radius 2 is 1.71 bits per heavy atom. The molecule has 0 aliphatic heterocycles. The summed E-state index contributed by atoms with van der Waals surface area (Å²) in [4.78, 5) is 12.5. The number of nitrogens with one attached hydrogen (secondary N) is 1. The van der Waals surface area contributed by atoms with E-state index in [1.54, 1.807) is 6.92 Å². The smallest absolute Gasteiger partial charge is 0.244 e. The highest BCUT2D eigenvalue weighted by Crippen LogP contribution is 2.21. The molecule has 0 saturated heterocycles. The molecular weight excluding hydrogens is 328 g/mol. The van der Waals surface area contributed by atoms with Gasteiger partial charge >= 0.3 is 0 Å². The van der Waals surface area contributed by atoms with Crippen LogP contribution in [0.25, 0.3) is 0 Å². The van der Waals surface area contributed by atoms with E-state index in [0.29, 0.717) is 0 Å². The Morgan fingerprint density at radius 3 is 2.29 bits per heavy atom. The zero-order chi connectivity index (χ0) is 15.5. The van der Waals surface area contributed by atoms with Crippen LogP contribution in [0.3, 0.4) is 0 Å². The first-order valence-corrected chi connectivity index (χ1v) is 7.61. The third kappa shape index (κ3) is 3.71. The Hall–Kier alpha value is -1.65. The van der Waals surface area contributed by atoms with E-state index in [9.17, 15) is 4.79 Å². The summed E-state index contributed by atoms with van der Waals surface area (Å²) in [6, 6.07) is 17.2. The molecule has 0 bridgehead atoms. The lowest BCUT2D eigenvalue weighted by Crippen LogP contribution is -2.49. The first-order chi connectivity index (χ1) is 9.91. The number of amides is 1. The van der Waals surface area contributed by atoms with Crippen LogP contribution in [0.1, 0.15) is 31.0 Å². The van der Waals surface area contributed by atoms with Crippen molar-refractivity contribution in [1.82, 2.24) is 5.32 Å². The van der Waals surface area contributed by atoms with Crippen molar-refractivity contribution >= 4 is 21.8 Å². The van der Waals surface area contributed by atoms with E-state index in [-0.39, 0.29) is 11.9 Å². The van der Waals surface area contributed by atoms with Gasteiger partial charge in [0.1, 0.15) is 5.54 Å². The summed E-state index contributed by atoms with van der Waals surface area (Å²) >= 11 is 3.40. The Bertz CT molecular complexity index is 608. The molecule has 0 aromatic heterocycles. The second-order valence-electron chi connectivity index (χ2n) is 5.32. The predicted octanol–water partition coefficient (Wildman–Crippen LogP) is 3.50. The Balaban J connectivity index is 2.12. The highest BCUT2D eigenvalue weighted by Gasteiger charge is 2.31. The average Bonchev–Trinajstić information content (AvgIpc) is 2.48. The van der Waals surface area contributed by atoms with Gasteiger partial charge in [-0.05, 0) is 37.1 Å². The molecule has 2 aromatic carbocycles. The second kappa shape index (κ2) is 6.41. The summed E-state index contributed by atoms with van der Waals surface area (Å²) in [5.74, 6) is -0.191. The monoisotopic (exact) mass is 346 g/mol. The number of hydrogen-bond acceptors (Lipinski definition) is 2. The Labute approximate surface area is 133 Å². The van der Waals surface area contributed by atoms with Gasteiger partial charge in [0.2, 0.25) is 5.91 Å². The minimum atomic E-state index is -1.05. The van der Waals surface area contributed by atoms with E-state index in [1.807, 2.05) is 61.5 Å². The standard InChI is InChI=1S/C17H19BrN2O/c1-12(13-8-10-15(18)11-9-13)20-16(21)17(2,19)14-6-4-3-5-7-14/h3-12H,19H2,1-2H3,(H,20,21). The summed E-state index contributed by atoms with van der Waals surface area (Å²) in [6.07, 6.45) is 0. The van der Waals surface area contributed by atoms with Crippen LogP contribution in [0.5, 0.6) is 0 Å². The Kier molecular flexibility index (Phi) is 4.80. The van der Waals surface area contributed by atoms with Crippen molar-refractivity contribution in [3.05, 3.63) is 70.2 Å². The summed E-state index contributed by atoms with van der Waals surface area (Å²) in [5, 5.41) is 2.98. The molecule has 0 aliphatic carbocycles. The fourth-order valence-electron chi connectivity index (χ4n) is 2.10. The summed E-state index contributed by atoms with van der Waals surface area (Å²) in [7, 11) is 0. The van der Waals surface area contributed by atoms with E-state index in [2.05, 4.69) is 21.2 Å². The zero-order valence-electron chi connectivity index (χ0n) is 12.1. The molecule has 0 fully saturated rings. The third-order valence-electron chi connectivity index (χ3n) is 3.56. The number of rotatable bonds is 4. The van der Waals surface area contributed by atoms with Crippen molar-refractivity contribution in [2.75, 3.05) is 0 Å². The van der Waals surface area contributed by atoms with Gasteiger partial charge in [0, 0.05) is 4.47 Å². The quantitative estimate of drug-likeness (QED) is 0.889. The molecule has 3 nitrogen and oxygen atoms in total. The minimum absolute atomic E-state index is 0.0998. The molecule has 0 radical (unpaired) electrons. The van der Waals surface area contributed by atoms with Crippen molar-refractivity contribution in [3.8, 4) is 0 Å². The number of halogens is 1. The van der Waals surface area contributed by atoms with E-state index in [4.69, 9.17) is 5.73 Å². The maximum atomic E-state index is 12.5. The van der Waals surface area contributed by atoms with Gasteiger partial charge in [0.15, 0.2) is 0 Å². The molecule has 2 rings (SSSR count). The van der Waals surface area contributed by atoms with E-state index < -0.39 is 5.54 Å². The van der Waals surface area contributed by atoms with Gasteiger partial charge in [0.05, 0.1) is 6.04 Å². The molecule has 0 aliphatic rings. The summed E-state index contributed by atoms with van der Waals surface area (Å²) < 4.78 is 1.01. The molecule has 1 amide bonds. The zero-order valence-corrected chi connectivity index (χ0v) is 13.7. The van der Waals surface area contributed by atoms with Crippen molar-refractivity contribution in [2.45, 2.75) is 25.4 Å². The summed E-state index contributed by atoms with van der Waals surface area (Å²) in [6.45, 7) is 3.67. The van der Waals surface area contributed by atoms with E-state index in [1.165, 1.54) is 0 Å². The molecular formula is C17H19BrN2O. The number of hydrogen-bond donors (Lipinski definition) is 2. The molecule has 2 atom stereocenters. The lowest BCUT2D eigenvalue weighted by molar-refractivity contribution is -0.126. The number of carbonyl (C=O) groups excluding carboxylic acids is 1. The van der Waals surface area contributed by atoms with Gasteiger partial charge in [0.25, 0.3) is 0 Å². The predicted molar refractivity (Wildman–Crippen MR) is 88.7 cm³/mol. The van der Waals surface area contributed by atoms with Crippen LogP contribution in [-0.2, 0) is 10.3 Å². The second-order valence-corrected chi connectivity index (χ2v) is 6.23. The maximum absolute atomic E-state index is 12.5. The number of carbonyl (C=O) groups is 1. The highest BCUT2D eigenvalue weighted by molar-refractivity contribution is 9.10. The third-order valence-corrected chi connectivity index (χ3v) is 4.09. The fraction of sp³-hybridized carbons (Fsp3) is 0.235. The van der Waals surface area contributed by atoms with Crippen molar-refractivity contribution in [1.29, 1.82) is 0 Å². The molecule has 0 saturated carbocycles. The molecule has 110 valence electrons. The topological polar surface area (TPSA) is 55.1 Å².